The van der Waals surface area contributed by atoms with E-state index in [1.807, 2.05) is 0 Å². The lowest BCUT2D eigenvalue weighted by atomic mass is 10.1. The lowest BCUT2D eigenvalue weighted by molar-refractivity contribution is 0.267. The zero-order valence-electron chi connectivity index (χ0n) is 13.2. The van der Waals surface area contributed by atoms with Gasteiger partial charge in [-0.05, 0) is 31.9 Å². The van der Waals surface area contributed by atoms with Crippen molar-refractivity contribution in [2.75, 3.05) is 13.1 Å². The van der Waals surface area contributed by atoms with Gasteiger partial charge in [0.25, 0.3) is 0 Å². The molecule has 1 aromatic carbocycles. The first kappa shape index (κ1) is 15.9. The van der Waals surface area contributed by atoms with E-state index in [-0.39, 0.29) is 11.7 Å². The van der Waals surface area contributed by atoms with Crippen LogP contribution in [0.4, 0.5) is 0 Å². The summed E-state index contributed by atoms with van der Waals surface area (Å²) in [5.41, 5.74) is -0.146. The van der Waals surface area contributed by atoms with E-state index in [9.17, 15) is 13.2 Å². The van der Waals surface area contributed by atoms with Gasteiger partial charge in [0.15, 0.2) is 0 Å². The molecule has 1 saturated heterocycles. The third-order valence-corrected chi connectivity index (χ3v) is 6.21. The van der Waals surface area contributed by atoms with Crippen LogP contribution in [0, 0.1) is 6.92 Å². The number of aromatic nitrogens is 3. The van der Waals surface area contributed by atoms with E-state index in [1.54, 1.807) is 48.9 Å². The van der Waals surface area contributed by atoms with Gasteiger partial charge in [0.05, 0.1) is 4.90 Å². The van der Waals surface area contributed by atoms with Crippen molar-refractivity contribution < 1.29 is 8.42 Å². The number of piperidine rings is 1. The molecule has 7 nitrogen and oxygen atoms in total. The molecular weight excluding hydrogens is 316 g/mol. The Morgan fingerprint density at radius 2 is 1.74 bits per heavy atom. The quantitative estimate of drug-likeness (QED) is 0.835. The normalized spacial score (nSPS) is 17.5. The van der Waals surface area contributed by atoms with Gasteiger partial charge in [-0.3, -0.25) is 4.57 Å². The highest BCUT2D eigenvalue weighted by atomic mass is 32.2. The predicted molar refractivity (Wildman–Crippen MR) is 85.7 cm³/mol. The van der Waals surface area contributed by atoms with Crippen molar-refractivity contribution in [3.8, 4) is 0 Å². The molecule has 3 rings (SSSR count). The van der Waals surface area contributed by atoms with E-state index >= 15 is 0 Å². The number of rotatable bonds is 3. The van der Waals surface area contributed by atoms with E-state index < -0.39 is 10.0 Å². The van der Waals surface area contributed by atoms with E-state index in [0.29, 0.717) is 36.7 Å². The summed E-state index contributed by atoms with van der Waals surface area (Å²) < 4.78 is 29.7. The van der Waals surface area contributed by atoms with Crippen LogP contribution in [-0.4, -0.2) is 40.2 Å². The largest absolute Gasteiger partial charge is 0.345 e. The second-order valence-corrected chi connectivity index (χ2v) is 7.71. The Bertz CT molecular complexity index is 847. The Morgan fingerprint density at radius 1 is 1.13 bits per heavy atom. The Morgan fingerprint density at radius 3 is 2.26 bits per heavy atom. The number of hydrogen-bond donors (Lipinski definition) is 0. The molecule has 0 unspecified atom stereocenters. The highest BCUT2D eigenvalue weighted by Crippen LogP contribution is 2.26. The number of hydrogen-bond acceptors (Lipinski definition) is 4. The molecule has 0 N–H and O–H groups in total. The summed E-state index contributed by atoms with van der Waals surface area (Å²) in [5, 5.41) is 4.14. The molecule has 0 saturated carbocycles. The summed E-state index contributed by atoms with van der Waals surface area (Å²) in [4.78, 5) is 12.4. The minimum Gasteiger partial charge on any atom is -0.276 e. The van der Waals surface area contributed by atoms with Gasteiger partial charge in [-0.1, -0.05) is 18.2 Å². The fourth-order valence-corrected chi connectivity index (χ4v) is 4.60. The maximum absolute atomic E-state index is 12.6. The first-order chi connectivity index (χ1) is 10.9. The second-order valence-electron chi connectivity index (χ2n) is 5.77. The van der Waals surface area contributed by atoms with Crippen molar-refractivity contribution in [3.05, 3.63) is 46.6 Å². The molecule has 1 aliphatic rings. The maximum Gasteiger partial charge on any atom is 0.345 e. The first-order valence-corrected chi connectivity index (χ1v) is 9.02. The number of sulfonamides is 1. The molecule has 8 heteroatoms. The van der Waals surface area contributed by atoms with Gasteiger partial charge in [-0.2, -0.15) is 9.40 Å². The maximum atomic E-state index is 12.6. The Labute approximate surface area is 135 Å². The molecule has 0 atom stereocenters. The minimum atomic E-state index is -3.46. The Kier molecular flexibility index (Phi) is 4.11. The number of aryl methyl sites for hydroxylation is 2. The minimum absolute atomic E-state index is 0.00146. The molecule has 0 spiro atoms. The van der Waals surface area contributed by atoms with Crippen LogP contribution in [0.5, 0.6) is 0 Å². The average molecular weight is 336 g/mol. The summed E-state index contributed by atoms with van der Waals surface area (Å²) in [5.74, 6) is 0.668. The summed E-state index contributed by atoms with van der Waals surface area (Å²) in [6.45, 7) is 2.61. The van der Waals surface area contributed by atoms with Crippen molar-refractivity contribution in [2.45, 2.75) is 30.7 Å². The summed E-state index contributed by atoms with van der Waals surface area (Å²) in [6.07, 6.45) is 1.22. The van der Waals surface area contributed by atoms with Crippen LogP contribution in [0.2, 0.25) is 0 Å². The van der Waals surface area contributed by atoms with Crippen LogP contribution in [0.15, 0.2) is 40.0 Å². The van der Waals surface area contributed by atoms with E-state index in [1.165, 1.54) is 8.99 Å². The summed E-state index contributed by atoms with van der Waals surface area (Å²) >= 11 is 0. The molecular formula is C15H20N4O3S. The van der Waals surface area contributed by atoms with Crippen LogP contribution >= 0.6 is 0 Å². The number of benzene rings is 1. The summed E-state index contributed by atoms with van der Waals surface area (Å²) in [6, 6.07) is 8.45. The van der Waals surface area contributed by atoms with Gasteiger partial charge in [-0.15, -0.1) is 0 Å². The molecule has 1 aromatic heterocycles. The van der Waals surface area contributed by atoms with Gasteiger partial charge in [0.2, 0.25) is 10.0 Å². The van der Waals surface area contributed by atoms with Crippen LogP contribution in [0.25, 0.3) is 0 Å². The predicted octanol–water partition coefficient (Wildman–Crippen LogP) is 0.916. The second kappa shape index (κ2) is 5.93. The molecule has 124 valence electrons. The average Bonchev–Trinajstić information content (AvgIpc) is 2.81. The van der Waals surface area contributed by atoms with Crippen molar-refractivity contribution in [2.24, 2.45) is 7.05 Å². The SMILES string of the molecule is Cc1nn(C)c(=O)n1C1CCN(S(=O)(=O)c2ccccc2)CC1. The standard InChI is InChI=1S/C15H20N4O3S/c1-12-16-17(2)15(20)19(12)13-8-10-18(11-9-13)23(21,22)14-6-4-3-5-7-14/h3-7,13H,8-11H2,1-2H3. The van der Waals surface area contributed by atoms with Gasteiger partial charge in [0, 0.05) is 26.2 Å². The van der Waals surface area contributed by atoms with E-state index in [2.05, 4.69) is 5.10 Å². The zero-order valence-corrected chi connectivity index (χ0v) is 14.0. The van der Waals surface area contributed by atoms with Crippen LogP contribution in [0.3, 0.4) is 0 Å². The monoisotopic (exact) mass is 336 g/mol. The van der Waals surface area contributed by atoms with Gasteiger partial charge in [0.1, 0.15) is 5.82 Å². The van der Waals surface area contributed by atoms with Gasteiger partial charge < -0.3 is 0 Å². The molecule has 2 heterocycles. The van der Waals surface area contributed by atoms with E-state index in [0.717, 1.165) is 0 Å². The van der Waals surface area contributed by atoms with Crippen molar-refractivity contribution >= 4 is 10.0 Å². The van der Waals surface area contributed by atoms with E-state index in [4.69, 9.17) is 0 Å². The lowest BCUT2D eigenvalue weighted by Gasteiger charge is -2.31. The lowest BCUT2D eigenvalue weighted by Crippen LogP contribution is -2.41. The molecule has 23 heavy (non-hydrogen) atoms. The number of nitrogens with zero attached hydrogens (tertiary/aromatic N) is 4. The molecule has 0 amide bonds. The fourth-order valence-electron chi connectivity index (χ4n) is 3.11. The zero-order chi connectivity index (χ0) is 16.6. The molecule has 1 fully saturated rings. The molecule has 0 bridgehead atoms. The van der Waals surface area contributed by atoms with Crippen molar-refractivity contribution in [3.63, 3.8) is 0 Å². The smallest absolute Gasteiger partial charge is 0.276 e. The Hall–Kier alpha value is -1.93. The third kappa shape index (κ3) is 2.84. The third-order valence-electron chi connectivity index (χ3n) is 4.30. The molecule has 0 radical (unpaired) electrons. The van der Waals surface area contributed by atoms with Gasteiger partial charge in [-0.25, -0.2) is 17.9 Å². The van der Waals surface area contributed by atoms with Crippen molar-refractivity contribution in [1.82, 2.24) is 18.7 Å². The highest BCUT2D eigenvalue weighted by molar-refractivity contribution is 7.89. The van der Waals surface area contributed by atoms with Crippen LogP contribution < -0.4 is 5.69 Å². The van der Waals surface area contributed by atoms with Crippen molar-refractivity contribution in [1.29, 1.82) is 0 Å². The first-order valence-electron chi connectivity index (χ1n) is 7.58. The molecule has 1 aliphatic heterocycles. The summed E-state index contributed by atoms with van der Waals surface area (Å²) in [7, 11) is -1.83. The van der Waals surface area contributed by atoms with Crippen LogP contribution in [-0.2, 0) is 17.1 Å². The Balaban J connectivity index is 1.78. The highest BCUT2D eigenvalue weighted by Gasteiger charge is 2.31. The molecule has 2 aromatic rings. The van der Waals surface area contributed by atoms with Crippen LogP contribution in [0.1, 0.15) is 24.7 Å². The van der Waals surface area contributed by atoms with Gasteiger partial charge >= 0.3 is 5.69 Å². The molecule has 0 aliphatic carbocycles. The fraction of sp³-hybridized carbons (Fsp3) is 0.467. The topological polar surface area (TPSA) is 77.2 Å².